The van der Waals surface area contributed by atoms with Gasteiger partial charge in [-0.15, -0.1) is 11.3 Å². The van der Waals surface area contributed by atoms with E-state index in [1.54, 1.807) is 5.38 Å². The van der Waals surface area contributed by atoms with E-state index in [0.717, 1.165) is 11.3 Å². The molecule has 6 heteroatoms. The second kappa shape index (κ2) is 3.79. The van der Waals surface area contributed by atoms with Gasteiger partial charge in [0, 0.05) is 14.7 Å². The molecule has 0 aliphatic carbocycles. The van der Waals surface area contributed by atoms with E-state index in [0.29, 0.717) is 9.35 Å². The zero-order valence-electron chi connectivity index (χ0n) is 6.19. The summed E-state index contributed by atoms with van der Waals surface area (Å²) in [6.07, 6.45) is -5.30. The molecule has 0 aliphatic heterocycles. The minimum atomic E-state index is -4.73. The van der Waals surface area contributed by atoms with Gasteiger partial charge in [0.05, 0.1) is 6.42 Å². The topological polar surface area (TPSA) is 17.1 Å². The largest absolute Gasteiger partial charge is 0.450 e. The minimum absolute atomic E-state index is 0.411. The number of alkyl halides is 3. The maximum Gasteiger partial charge on any atom is 0.450 e. The normalized spacial score (nSPS) is 11.7. The third-order valence-electron chi connectivity index (χ3n) is 1.27. The molecule has 72 valence electrons. The average Bonchev–Trinajstić information content (AvgIpc) is 2.33. The molecule has 0 saturated carbocycles. The highest BCUT2D eigenvalue weighted by Crippen LogP contribution is 2.24. The molecule has 1 aromatic rings. The molecular weight excluding hydrogens is 269 g/mol. The Morgan fingerprint density at radius 3 is 2.54 bits per heavy atom. The van der Waals surface area contributed by atoms with E-state index in [1.165, 1.54) is 6.07 Å². The number of carbonyl (C=O) groups is 1. The molecule has 0 bridgehead atoms. The fraction of sp³-hybridized carbons (Fsp3) is 0.286. The summed E-state index contributed by atoms with van der Waals surface area (Å²) in [6, 6.07) is 1.51. The van der Waals surface area contributed by atoms with Gasteiger partial charge in [0.15, 0.2) is 0 Å². The number of hydrogen-bond acceptors (Lipinski definition) is 2. The maximum atomic E-state index is 11.8. The molecule has 0 fully saturated rings. The first-order chi connectivity index (χ1) is 5.89. The van der Waals surface area contributed by atoms with Crippen LogP contribution in [-0.4, -0.2) is 12.0 Å². The van der Waals surface area contributed by atoms with E-state index in [-0.39, 0.29) is 0 Å². The van der Waals surface area contributed by atoms with Gasteiger partial charge in [-0.1, -0.05) is 0 Å². The number of carbonyl (C=O) groups excluding carboxylic acids is 1. The molecule has 0 atom stereocenters. The highest BCUT2D eigenvalue weighted by Gasteiger charge is 2.37. The van der Waals surface area contributed by atoms with Gasteiger partial charge >= 0.3 is 6.18 Å². The smallest absolute Gasteiger partial charge is 0.289 e. The standard InChI is InChI=1S/C7H4BrF3OS/c8-4-1-5(13-3-4)2-6(12)7(9,10)11/h1,3H,2H2. The first-order valence-electron chi connectivity index (χ1n) is 3.22. The maximum absolute atomic E-state index is 11.8. The Morgan fingerprint density at radius 1 is 1.54 bits per heavy atom. The molecule has 13 heavy (non-hydrogen) atoms. The van der Waals surface area contributed by atoms with Gasteiger partial charge in [-0.2, -0.15) is 13.2 Å². The van der Waals surface area contributed by atoms with Crippen LogP contribution >= 0.6 is 27.3 Å². The number of thiophene rings is 1. The van der Waals surface area contributed by atoms with Crippen LogP contribution in [0.3, 0.4) is 0 Å². The lowest BCUT2D eigenvalue weighted by atomic mass is 10.2. The molecule has 1 heterocycles. The molecule has 1 rings (SSSR count). The van der Waals surface area contributed by atoms with Gasteiger partial charge in [0.25, 0.3) is 0 Å². The van der Waals surface area contributed by atoms with Crippen molar-refractivity contribution in [2.24, 2.45) is 0 Å². The van der Waals surface area contributed by atoms with E-state index in [1.807, 2.05) is 0 Å². The van der Waals surface area contributed by atoms with Crippen molar-refractivity contribution < 1.29 is 18.0 Å². The molecular formula is C7H4BrF3OS. The summed E-state index contributed by atoms with van der Waals surface area (Å²) in [5.41, 5.74) is 0. The van der Waals surface area contributed by atoms with Crippen LogP contribution in [0.4, 0.5) is 13.2 Å². The summed E-state index contributed by atoms with van der Waals surface area (Å²) in [4.78, 5) is 10.9. The van der Waals surface area contributed by atoms with Crippen molar-refractivity contribution in [3.05, 3.63) is 20.8 Å². The molecule has 0 unspecified atom stereocenters. The van der Waals surface area contributed by atoms with Gasteiger partial charge in [-0.05, 0) is 22.0 Å². The molecule has 0 radical (unpaired) electrons. The Labute approximate surface area is 84.7 Å². The molecule has 1 aromatic heterocycles. The predicted molar refractivity (Wildman–Crippen MR) is 46.8 cm³/mol. The van der Waals surface area contributed by atoms with Crippen molar-refractivity contribution in [1.82, 2.24) is 0 Å². The van der Waals surface area contributed by atoms with Crippen molar-refractivity contribution in [3.8, 4) is 0 Å². The van der Waals surface area contributed by atoms with Crippen LogP contribution in [0.25, 0.3) is 0 Å². The number of rotatable bonds is 2. The molecule has 0 spiro atoms. The van der Waals surface area contributed by atoms with Gasteiger partial charge in [-0.25, -0.2) is 0 Å². The lowest BCUT2D eigenvalue weighted by Crippen LogP contribution is -2.24. The van der Waals surface area contributed by atoms with Crippen LogP contribution in [0.2, 0.25) is 0 Å². The molecule has 0 aromatic carbocycles. The fourth-order valence-electron chi connectivity index (χ4n) is 0.705. The third-order valence-corrected chi connectivity index (χ3v) is 2.97. The first kappa shape index (κ1) is 10.7. The summed E-state index contributed by atoms with van der Waals surface area (Å²) >= 11 is 4.22. The zero-order valence-corrected chi connectivity index (χ0v) is 8.59. The number of hydrogen-bond donors (Lipinski definition) is 0. The quantitative estimate of drug-likeness (QED) is 0.808. The molecule has 1 nitrogen and oxygen atoms in total. The first-order valence-corrected chi connectivity index (χ1v) is 4.90. The van der Waals surface area contributed by atoms with Crippen LogP contribution in [0.15, 0.2) is 15.9 Å². The van der Waals surface area contributed by atoms with Crippen molar-refractivity contribution in [1.29, 1.82) is 0 Å². The van der Waals surface area contributed by atoms with Gasteiger partial charge in [-0.3, -0.25) is 4.79 Å². The second-order valence-corrected chi connectivity index (χ2v) is 4.24. The number of Topliss-reactive ketones (excluding diaryl/α,β-unsaturated/α-hetero) is 1. The summed E-state index contributed by atoms with van der Waals surface area (Å²) in [6.45, 7) is 0. The van der Waals surface area contributed by atoms with E-state index >= 15 is 0 Å². The van der Waals surface area contributed by atoms with Crippen LogP contribution in [0.5, 0.6) is 0 Å². The molecule has 0 N–H and O–H groups in total. The molecule has 0 saturated heterocycles. The van der Waals surface area contributed by atoms with E-state index in [9.17, 15) is 18.0 Å². The summed E-state index contributed by atoms with van der Waals surface area (Å²) in [5, 5.41) is 1.64. The monoisotopic (exact) mass is 272 g/mol. The van der Waals surface area contributed by atoms with Crippen LogP contribution in [0.1, 0.15) is 4.88 Å². The van der Waals surface area contributed by atoms with Gasteiger partial charge in [0.2, 0.25) is 5.78 Å². The van der Waals surface area contributed by atoms with Crippen molar-refractivity contribution in [3.63, 3.8) is 0 Å². The lowest BCUT2D eigenvalue weighted by Gasteiger charge is -2.02. The minimum Gasteiger partial charge on any atom is -0.289 e. The van der Waals surface area contributed by atoms with Crippen LogP contribution < -0.4 is 0 Å². The van der Waals surface area contributed by atoms with Gasteiger partial charge in [0.1, 0.15) is 0 Å². The highest BCUT2D eigenvalue weighted by atomic mass is 79.9. The zero-order chi connectivity index (χ0) is 10.1. The third kappa shape index (κ3) is 3.11. The van der Waals surface area contributed by atoms with Crippen molar-refractivity contribution in [2.75, 3.05) is 0 Å². The average molecular weight is 273 g/mol. The van der Waals surface area contributed by atoms with Gasteiger partial charge < -0.3 is 0 Å². The fourth-order valence-corrected chi connectivity index (χ4v) is 2.15. The Morgan fingerprint density at radius 2 is 2.15 bits per heavy atom. The van der Waals surface area contributed by atoms with E-state index in [4.69, 9.17) is 0 Å². The summed E-state index contributed by atoms with van der Waals surface area (Å²) < 4.78 is 36.1. The Kier molecular flexibility index (Phi) is 3.13. The van der Waals surface area contributed by atoms with Crippen molar-refractivity contribution in [2.45, 2.75) is 12.6 Å². The number of ketones is 1. The summed E-state index contributed by atoms with van der Waals surface area (Å²) in [5.74, 6) is -1.71. The van der Waals surface area contributed by atoms with Crippen LogP contribution in [-0.2, 0) is 11.2 Å². The second-order valence-electron chi connectivity index (χ2n) is 2.33. The lowest BCUT2D eigenvalue weighted by molar-refractivity contribution is -0.170. The summed E-state index contributed by atoms with van der Waals surface area (Å²) in [7, 11) is 0. The highest BCUT2D eigenvalue weighted by molar-refractivity contribution is 9.10. The SMILES string of the molecule is O=C(Cc1cc(Br)cs1)C(F)(F)F. The molecule has 0 amide bonds. The van der Waals surface area contributed by atoms with Crippen molar-refractivity contribution >= 4 is 33.0 Å². The molecule has 0 aliphatic rings. The van der Waals surface area contributed by atoms with E-state index < -0.39 is 18.4 Å². The van der Waals surface area contributed by atoms with E-state index in [2.05, 4.69) is 15.9 Å². The predicted octanol–water partition coefficient (Wildman–Crippen LogP) is 3.18. The Hall–Kier alpha value is -0.360. The van der Waals surface area contributed by atoms with Crippen LogP contribution in [0, 0.1) is 0 Å². The Bertz CT molecular complexity index is 318. The number of halogens is 4. The Balaban J connectivity index is 2.65.